The summed E-state index contributed by atoms with van der Waals surface area (Å²) in [5, 5.41) is 0. The molecule has 1 aromatic carbocycles. The number of likely N-dealkylation sites (tertiary alicyclic amines) is 1. The average molecular weight is 301 g/mol. The van der Waals surface area contributed by atoms with Gasteiger partial charge in [-0.1, -0.05) is 12.5 Å². The molecule has 4 heteroatoms. The van der Waals surface area contributed by atoms with Gasteiger partial charge in [0, 0.05) is 12.6 Å². The summed E-state index contributed by atoms with van der Waals surface area (Å²) in [6.45, 7) is 2.68. The Morgan fingerprint density at radius 2 is 2.00 bits per heavy atom. The van der Waals surface area contributed by atoms with Crippen LogP contribution in [0.5, 0.6) is 0 Å². The van der Waals surface area contributed by atoms with Gasteiger partial charge in [0.2, 0.25) is 0 Å². The lowest BCUT2D eigenvalue weighted by molar-refractivity contribution is 0.167. The van der Waals surface area contributed by atoms with Crippen LogP contribution in [0.4, 0.5) is 4.39 Å². The van der Waals surface area contributed by atoms with Gasteiger partial charge in [-0.05, 0) is 59.6 Å². The zero-order valence-corrected chi connectivity index (χ0v) is 11.4. The first-order valence-electron chi connectivity index (χ1n) is 6.11. The Morgan fingerprint density at radius 3 is 2.59 bits per heavy atom. The third kappa shape index (κ3) is 3.06. The first-order chi connectivity index (χ1) is 8.22. The van der Waals surface area contributed by atoms with Gasteiger partial charge in [0.15, 0.2) is 0 Å². The summed E-state index contributed by atoms with van der Waals surface area (Å²) in [6, 6.07) is 5.46. The summed E-state index contributed by atoms with van der Waals surface area (Å²) < 4.78 is 14.0. The van der Waals surface area contributed by atoms with Crippen LogP contribution < -0.4 is 5.73 Å². The van der Waals surface area contributed by atoms with E-state index >= 15 is 0 Å². The molecule has 1 fully saturated rings. The molecular formula is C13H18BrFN2. The Hall–Kier alpha value is -0.450. The van der Waals surface area contributed by atoms with E-state index in [1.54, 1.807) is 12.1 Å². The van der Waals surface area contributed by atoms with Crippen molar-refractivity contribution in [3.05, 3.63) is 34.1 Å². The molecule has 1 heterocycles. The Kier molecular flexibility index (Phi) is 4.54. The first-order valence-corrected chi connectivity index (χ1v) is 6.90. The molecular weight excluding hydrogens is 283 g/mol. The van der Waals surface area contributed by atoms with E-state index < -0.39 is 0 Å². The average Bonchev–Trinajstić information content (AvgIpc) is 2.36. The Balaban J connectivity index is 2.18. The number of nitrogens with two attached hydrogens (primary N) is 1. The summed E-state index contributed by atoms with van der Waals surface area (Å²) >= 11 is 3.18. The molecule has 2 nitrogen and oxygen atoms in total. The molecule has 1 saturated heterocycles. The predicted octanol–water partition coefficient (Wildman–Crippen LogP) is 3.07. The van der Waals surface area contributed by atoms with E-state index in [2.05, 4.69) is 20.8 Å². The molecule has 1 aromatic rings. The van der Waals surface area contributed by atoms with E-state index in [0.29, 0.717) is 11.0 Å². The summed E-state index contributed by atoms with van der Waals surface area (Å²) in [5.74, 6) is -0.210. The van der Waals surface area contributed by atoms with Crippen LogP contribution in [0.15, 0.2) is 22.7 Å². The summed E-state index contributed by atoms with van der Waals surface area (Å²) in [6.07, 6.45) is 3.73. The topological polar surface area (TPSA) is 29.3 Å². The van der Waals surface area contributed by atoms with Gasteiger partial charge in [0.05, 0.1) is 4.47 Å². The van der Waals surface area contributed by atoms with Crippen LogP contribution in [0.3, 0.4) is 0 Å². The Morgan fingerprint density at radius 1 is 1.29 bits per heavy atom. The highest BCUT2D eigenvalue weighted by Gasteiger charge is 2.21. The molecule has 1 aliphatic rings. The van der Waals surface area contributed by atoms with E-state index in [4.69, 9.17) is 5.73 Å². The van der Waals surface area contributed by atoms with Gasteiger partial charge in [0.1, 0.15) is 5.82 Å². The van der Waals surface area contributed by atoms with Crippen LogP contribution in [-0.4, -0.2) is 24.5 Å². The van der Waals surface area contributed by atoms with Gasteiger partial charge in [-0.25, -0.2) is 4.39 Å². The number of benzene rings is 1. The molecule has 17 heavy (non-hydrogen) atoms. The summed E-state index contributed by atoms with van der Waals surface area (Å²) in [5.41, 5.74) is 6.83. The molecule has 0 bridgehead atoms. The van der Waals surface area contributed by atoms with Gasteiger partial charge < -0.3 is 5.73 Å². The zero-order valence-electron chi connectivity index (χ0n) is 9.83. The third-order valence-corrected chi connectivity index (χ3v) is 4.03. The second-order valence-corrected chi connectivity index (χ2v) is 5.38. The van der Waals surface area contributed by atoms with Crippen LogP contribution in [0, 0.1) is 5.82 Å². The van der Waals surface area contributed by atoms with Gasteiger partial charge in [0.25, 0.3) is 0 Å². The molecule has 1 aliphatic heterocycles. The van der Waals surface area contributed by atoms with E-state index in [-0.39, 0.29) is 11.9 Å². The number of nitrogens with zero attached hydrogens (tertiary/aromatic N) is 1. The second-order valence-electron chi connectivity index (χ2n) is 4.52. The number of piperidine rings is 1. The molecule has 94 valence electrons. The van der Waals surface area contributed by atoms with E-state index in [1.165, 1.54) is 19.3 Å². The maximum atomic E-state index is 13.5. The minimum atomic E-state index is -0.210. The molecule has 2 N–H and O–H groups in total. The lowest BCUT2D eigenvalue weighted by atomic mass is 10.0. The van der Waals surface area contributed by atoms with E-state index in [9.17, 15) is 4.39 Å². The van der Waals surface area contributed by atoms with Crippen molar-refractivity contribution in [1.29, 1.82) is 0 Å². The van der Waals surface area contributed by atoms with Crippen LogP contribution >= 0.6 is 15.9 Å². The summed E-state index contributed by atoms with van der Waals surface area (Å²) in [7, 11) is 0. The van der Waals surface area contributed by atoms with E-state index in [1.807, 2.05) is 6.07 Å². The smallest absolute Gasteiger partial charge is 0.137 e. The molecule has 0 aliphatic carbocycles. The fourth-order valence-corrected chi connectivity index (χ4v) is 2.69. The normalized spacial score (nSPS) is 19.2. The predicted molar refractivity (Wildman–Crippen MR) is 71.3 cm³/mol. The number of hydrogen-bond donors (Lipinski definition) is 1. The van der Waals surface area contributed by atoms with Gasteiger partial charge >= 0.3 is 0 Å². The van der Waals surface area contributed by atoms with E-state index in [0.717, 1.165) is 18.7 Å². The maximum Gasteiger partial charge on any atom is 0.137 e. The van der Waals surface area contributed by atoms with Crippen LogP contribution in [-0.2, 0) is 0 Å². The molecule has 1 atom stereocenters. The van der Waals surface area contributed by atoms with Crippen molar-refractivity contribution in [2.75, 3.05) is 19.6 Å². The SMILES string of the molecule is NCC(c1ccc(Br)c(F)c1)N1CCCCC1. The quantitative estimate of drug-likeness (QED) is 0.929. The van der Waals surface area contributed by atoms with Crippen molar-refractivity contribution < 1.29 is 4.39 Å². The third-order valence-electron chi connectivity index (χ3n) is 3.38. The lowest BCUT2D eigenvalue weighted by Crippen LogP contribution is -2.37. The van der Waals surface area contributed by atoms with Crippen LogP contribution in [0.2, 0.25) is 0 Å². The highest BCUT2D eigenvalue weighted by Crippen LogP contribution is 2.26. The number of rotatable bonds is 3. The fourth-order valence-electron chi connectivity index (χ4n) is 2.45. The van der Waals surface area contributed by atoms with Gasteiger partial charge in [-0.3, -0.25) is 4.90 Å². The highest BCUT2D eigenvalue weighted by molar-refractivity contribution is 9.10. The molecule has 0 radical (unpaired) electrons. The standard InChI is InChI=1S/C13H18BrFN2/c14-11-5-4-10(8-12(11)15)13(9-16)17-6-2-1-3-7-17/h4-5,8,13H,1-3,6-7,9,16H2. The first kappa shape index (κ1) is 13.0. The minimum absolute atomic E-state index is 0.151. The van der Waals surface area contributed by atoms with Gasteiger partial charge in [-0.15, -0.1) is 0 Å². The maximum absolute atomic E-state index is 13.5. The molecule has 0 aromatic heterocycles. The van der Waals surface area contributed by atoms with Gasteiger partial charge in [-0.2, -0.15) is 0 Å². The van der Waals surface area contributed by atoms with Crippen LogP contribution in [0.1, 0.15) is 30.9 Å². The Labute approximate surface area is 110 Å². The van der Waals surface area contributed by atoms with Crippen molar-refractivity contribution in [1.82, 2.24) is 4.90 Å². The van der Waals surface area contributed by atoms with Crippen molar-refractivity contribution in [2.24, 2.45) is 5.73 Å². The van der Waals surface area contributed by atoms with Crippen molar-refractivity contribution >= 4 is 15.9 Å². The zero-order chi connectivity index (χ0) is 12.3. The fraction of sp³-hybridized carbons (Fsp3) is 0.538. The molecule has 0 amide bonds. The largest absolute Gasteiger partial charge is 0.329 e. The van der Waals surface area contributed by atoms with Crippen LogP contribution in [0.25, 0.3) is 0 Å². The molecule has 0 saturated carbocycles. The highest BCUT2D eigenvalue weighted by atomic mass is 79.9. The number of halogens is 2. The molecule has 2 rings (SSSR count). The van der Waals surface area contributed by atoms with Crippen molar-refractivity contribution in [3.8, 4) is 0 Å². The number of hydrogen-bond acceptors (Lipinski definition) is 2. The molecule has 0 spiro atoms. The monoisotopic (exact) mass is 300 g/mol. The minimum Gasteiger partial charge on any atom is -0.329 e. The van der Waals surface area contributed by atoms with Crippen molar-refractivity contribution in [2.45, 2.75) is 25.3 Å². The summed E-state index contributed by atoms with van der Waals surface area (Å²) in [4.78, 5) is 2.37. The van der Waals surface area contributed by atoms with Crippen molar-refractivity contribution in [3.63, 3.8) is 0 Å². The second kappa shape index (κ2) is 5.94. The lowest BCUT2D eigenvalue weighted by Gasteiger charge is -2.34. The molecule has 1 unspecified atom stereocenters. The Bertz CT molecular complexity index is 378.